The van der Waals surface area contributed by atoms with Crippen LogP contribution in [0.25, 0.3) is 0 Å². The summed E-state index contributed by atoms with van der Waals surface area (Å²) in [6.07, 6.45) is 0. The molecule has 0 spiro atoms. The summed E-state index contributed by atoms with van der Waals surface area (Å²) in [6, 6.07) is 8.00. The third-order valence-electron chi connectivity index (χ3n) is 2.82. The van der Waals surface area contributed by atoms with Crippen molar-refractivity contribution in [2.75, 3.05) is 11.8 Å². The molecule has 5 nitrogen and oxygen atoms in total. The molecule has 0 fully saturated rings. The average molecular weight is 443 g/mol. The van der Waals surface area contributed by atoms with E-state index in [1.165, 1.54) is 37.4 Å². The highest BCUT2D eigenvalue weighted by molar-refractivity contribution is 9.10. The maximum atomic E-state index is 12.4. The van der Waals surface area contributed by atoms with Crippen LogP contribution in [0, 0.1) is 0 Å². The Morgan fingerprint density at radius 3 is 2.46 bits per heavy atom. The number of rotatable bonds is 6. The number of halogens is 4. The van der Waals surface area contributed by atoms with E-state index in [1.807, 2.05) is 0 Å². The Labute approximate surface area is 150 Å². The zero-order valence-corrected chi connectivity index (χ0v) is 15.3. The lowest BCUT2D eigenvalue weighted by molar-refractivity contribution is -0.0511. The normalized spacial score (nSPS) is 11.4. The molecule has 0 atom stereocenters. The molecule has 0 bridgehead atoms. The lowest BCUT2D eigenvalue weighted by Gasteiger charge is -2.13. The van der Waals surface area contributed by atoms with Gasteiger partial charge < -0.3 is 9.47 Å². The monoisotopic (exact) mass is 441 g/mol. The van der Waals surface area contributed by atoms with Gasteiger partial charge in [0.2, 0.25) is 0 Å². The number of hydrogen-bond donors (Lipinski definition) is 1. The Morgan fingerprint density at radius 2 is 1.88 bits per heavy atom. The van der Waals surface area contributed by atoms with Gasteiger partial charge in [0.15, 0.2) is 11.5 Å². The number of methoxy groups -OCH3 is 1. The van der Waals surface area contributed by atoms with Crippen molar-refractivity contribution in [3.8, 4) is 11.5 Å². The first-order chi connectivity index (χ1) is 11.2. The van der Waals surface area contributed by atoms with E-state index in [2.05, 4.69) is 25.4 Å². The molecule has 0 aliphatic rings. The predicted molar refractivity (Wildman–Crippen MR) is 89.6 cm³/mol. The van der Waals surface area contributed by atoms with E-state index < -0.39 is 16.6 Å². The van der Waals surface area contributed by atoms with Gasteiger partial charge in [-0.3, -0.25) is 4.72 Å². The molecule has 0 aromatic heterocycles. The van der Waals surface area contributed by atoms with Crippen LogP contribution in [0.15, 0.2) is 45.8 Å². The van der Waals surface area contributed by atoms with Crippen LogP contribution in [0.3, 0.4) is 0 Å². The zero-order chi connectivity index (χ0) is 17.9. The van der Waals surface area contributed by atoms with Gasteiger partial charge >= 0.3 is 6.61 Å². The molecule has 0 aliphatic heterocycles. The average Bonchev–Trinajstić information content (AvgIpc) is 2.46. The summed E-state index contributed by atoms with van der Waals surface area (Å²) in [7, 11) is -2.74. The maximum absolute atomic E-state index is 12.4. The summed E-state index contributed by atoms with van der Waals surface area (Å²) < 4.78 is 61.7. The summed E-state index contributed by atoms with van der Waals surface area (Å²) in [4.78, 5) is -0.153. The minimum absolute atomic E-state index is 0.00874. The largest absolute Gasteiger partial charge is 0.493 e. The molecule has 0 aliphatic carbocycles. The molecule has 0 saturated heterocycles. The fraction of sp³-hybridized carbons (Fsp3) is 0.143. The first-order valence-corrected chi connectivity index (χ1v) is 8.99. The molecule has 0 saturated carbocycles. The molecule has 0 radical (unpaired) electrons. The molecule has 2 aromatic carbocycles. The first-order valence-electron chi connectivity index (χ1n) is 6.33. The number of sulfonamides is 1. The van der Waals surface area contributed by atoms with Crippen LogP contribution < -0.4 is 14.2 Å². The lowest BCUT2D eigenvalue weighted by Crippen LogP contribution is -2.14. The number of benzene rings is 2. The van der Waals surface area contributed by atoms with Gasteiger partial charge in [-0.2, -0.15) is 8.78 Å². The van der Waals surface area contributed by atoms with Crippen LogP contribution in [-0.4, -0.2) is 22.1 Å². The van der Waals surface area contributed by atoms with E-state index in [0.717, 1.165) is 6.07 Å². The van der Waals surface area contributed by atoms with Crippen molar-refractivity contribution in [3.05, 3.63) is 45.9 Å². The molecule has 0 unspecified atom stereocenters. The van der Waals surface area contributed by atoms with Gasteiger partial charge in [-0.25, -0.2) is 8.42 Å². The number of anilines is 1. The first kappa shape index (κ1) is 18.8. The van der Waals surface area contributed by atoms with Crippen molar-refractivity contribution in [1.82, 2.24) is 0 Å². The molecule has 10 heteroatoms. The summed E-state index contributed by atoms with van der Waals surface area (Å²) in [5.74, 6) is -0.255. The molecule has 2 aromatic rings. The Balaban J connectivity index is 2.35. The van der Waals surface area contributed by atoms with Gasteiger partial charge in [-0.1, -0.05) is 27.5 Å². The maximum Gasteiger partial charge on any atom is 0.387 e. The van der Waals surface area contributed by atoms with Crippen LogP contribution >= 0.6 is 27.5 Å². The van der Waals surface area contributed by atoms with E-state index in [0.29, 0.717) is 4.47 Å². The number of alkyl halides is 2. The Kier molecular flexibility index (Phi) is 5.89. The van der Waals surface area contributed by atoms with Gasteiger partial charge in [0, 0.05) is 10.5 Å². The van der Waals surface area contributed by atoms with E-state index >= 15 is 0 Å². The van der Waals surface area contributed by atoms with E-state index in [1.54, 1.807) is 0 Å². The summed E-state index contributed by atoms with van der Waals surface area (Å²) in [5.41, 5.74) is 0.0189. The SMILES string of the molecule is COc1ccc(NS(=O)(=O)c2ccc(Br)cc2Cl)cc1OC(F)F. The molecular formula is C14H11BrClF2NO4S. The fourth-order valence-corrected chi connectivity index (χ4v) is 3.92. The summed E-state index contributed by atoms with van der Waals surface area (Å²) >= 11 is 9.11. The molecule has 2 rings (SSSR count). The van der Waals surface area contributed by atoms with Gasteiger partial charge in [-0.05, 0) is 30.3 Å². The van der Waals surface area contributed by atoms with E-state index in [4.69, 9.17) is 16.3 Å². The third-order valence-corrected chi connectivity index (χ3v) is 5.17. The highest BCUT2D eigenvalue weighted by Gasteiger charge is 2.19. The highest BCUT2D eigenvalue weighted by Crippen LogP contribution is 2.33. The highest BCUT2D eigenvalue weighted by atomic mass is 79.9. The second-order valence-electron chi connectivity index (χ2n) is 4.42. The van der Waals surface area contributed by atoms with Crippen molar-refractivity contribution in [1.29, 1.82) is 0 Å². The molecule has 1 N–H and O–H groups in total. The van der Waals surface area contributed by atoms with Crippen molar-refractivity contribution in [2.24, 2.45) is 0 Å². The van der Waals surface area contributed by atoms with Crippen LogP contribution in [0.5, 0.6) is 11.5 Å². The standard InChI is InChI=1S/C14H11BrClF2NO4S/c1-22-11-4-3-9(7-12(11)23-14(17)18)19-24(20,21)13-5-2-8(15)6-10(13)16/h2-7,14,19H,1H3. The quantitative estimate of drug-likeness (QED) is 0.715. The minimum Gasteiger partial charge on any atom is -0.493 e. The summed E-state index contributed by atoms with van der Waals surface area (Å²) in [6.45, 7) is -3.08. The van der Waals surface area contributed by atoms with E-state index in [9.17, 15) is 17.2 Å². The fourth-order valence-electron chi connectivity index (χ4n) is 1.83. The number of ether oxygens (including phenoxy) is 2. The Bertz CT molecular complexity index is 849. The van der Waals surface area contributed by atoms with Gasteiger partial charge in [0.05, 0.1) is 17.8 Å². The summed E-state index contributed by atoms with van der Waals surface area (Å²) in [5, 5.41) is 0.00874. The van der Waals surface area contributed by atoms with Crippen LogP contribution in [0.4, 0.5) is 14.5 Å². The molecule has 24 heavy (non-hydrogen) atoms. The Hall–Kier alpha value is -1.58. The molecule has 130 valence electrons. The van der Waals surface area contributed by atoms with Crippen molar-refractivity contribution in [2.45, 2.75) is 11.5 Å². The van der Waals surface area contributed by atoms with Gasteiger partial charge in [0.25, 0.3) is 10.0 Å². The topological polar surface area (TPSA) is 64.6 Å². The van der Waals surface area contributed by atoms with Crippen LogP contribution in [0.2, 0.25) is 5.02 Å². The molecule has 0 amide bonds. The van der Waals surface area contributed by atoms with E-state index in [-0.39, 0.29) is 27.1 Å². The zero-order valence-electron chi connectivity index (χ0n) is 12.1. The van der Waals surface area contributed by atoms with Crippen LogP contribution in [-0.2, 0) is 10.0 Å². The second-order valence-corrected chi connectivity index (χ2v) is 7.40. The van der Waals surface area contributed by atoms with Crippen LogP contribution in [0.1, 0.15) is 0 Å². The van der Waals surface area contributed by atoms with Crippen molar-refractivity contribution in [3.63, 3.8) is 0 Å². The third kappa shape index (κ3) is 4.49. The second kappa shape index (κ2) is 7.54. The predicted octanol–water partition coefficient (Wildman–Crippen LogP) is 4.51. The van der Waals surface area contributed by atoms with Crippen molar-refractivity contribution >= 4 is 43.2 Å². The van der Waals surface area contributed by atoms with Gasteiger partial charge in [-0.15, -0.1) is 0 Å². The lowest BCUT2D eigenvalue weighted by atomic mass is 10.3. The number of nitrogens with one attached hydrogen (secondary N) is 1. The Morgan fingerprint density at radius 1 is 1.17 bits per heavy atom. The molecule has 0 heterocycles. The number of hydrogen-bond acceptors (Lipinski definition) is 4. The van der Waals surface area contributed by atoms with Crippen molar-refractivity contribution < 1.29 is 26.7 Å². The minimum atomic E-state index is -4.01. The molecular weight excluding hydrogens is 432 g/mol. The smallest absolute Gasteiger partial charge is 0.387 e. The van der Waals surface area contributed by atoms with Gasteiger partial charge in [0.1, 0.15) is 4.90 Å².